The van der Waals surface area contributed by atoms with Gasteiger partial charge in [0, 0.05) is 0 Å². The molecule has 0 saturated carbocycles. The summed E-state index contributed by atoms with van der Waals surface area (Å²) in [6.07, 6.45) is 6.33. The number of benzene rings is 1. The van der Waals surface area contributed by atoms with Gasteiger partial charge in [0.25, 0.3) is 11.8 Å². The van der Waals surface area contributed by atoms with Crippen LogP contribution in [0.4, 0.5) is 4.79 Å². The van der Waals surface area contributed by atoms with Gasteiger partial charge in [-0.25, -0.2) is 4.79 Å². The number of urea groups is 1. The topological polar surface area (TPSA) is 84.5 Å². The van der Waals surface area contributed by atoms with Gasteiger partial charge in [-0.15, -0.1) is 6.42 Å². The van der Waals surface area contributed by atoms with Crippen LogP contribution < -0.4 is 15.4 Å². The standard InChI is InChI=1S/C14H8Cl2N2O4/c1-2-3-22-11-9(15)5-7(6-10(11)16)4-8-12(19)17-14(21)18-13(8)20/h1,4-6H,3H2,(H2,17,18,19,20,21). The Bertz CT molecular complexity index is 705. The predicted octanol–water partition coefficient (Wildman–Crippen LogP) is 1.75. The third kappa shape index (κ3) is 3.39. The number of imide groups is 2. The van der Waals surface area contributed by atoms with Crippen LogP contribution in [-0.4, -0.2) is 24.5 Å². The molecular formula is C14H8Cl2N2O4. The maximum atomic E-state index is 11.6. The summed E-state index contributed by atoms with van der Waals surface area (Å²) in [6.45, 7) is -0.00714. The van der Waals surface area contributed by atoms with Crippen molar-refractivity contribution in [3.05, 3.63) is 33.3 Å². The van der Waals surface area contributed by atoms with E-state index in [1.807, 2.05) is 10.6 Å². The predicted molar refractivity (Wildman–Crippen MR) is 80.4 cm³/mol. The number of carbonyl (C=O) groups is 3. The molecule has 1 heterocycles. The number of hydrogen-bond donors (Lipinski definition) is 2. The van der Waals surface area contributed by atoms with Crippen LogP contribution in [0.2, 0.25) is 10.0 Å². The van der Waals surface area contributed by atoms with Crippen LogP contribution in [0.1, 0.15) is 5.56 Å². The molecule has 1 aromatic rings. The fraction of sp³-hybridized carbons (Fsp3) is 0.0714. The maximum absolute atomic E-state index is 11.6. The summed E-state index contributed by atoms with van der Waals surface area (Å²) in [5.41, 5.74) is 0.140. The van der Waals surface area contributed by atoms with Crippen molar-refractivity contribution in [2.24, 2.45) is 0 Å². The van der Waals surface area contributed by atoms with Crippen molar-refractivity contribution in [2.45, 2.75) is 0 Å². The Kier molecular flexibility index (Phi) is 4.71. The minimum atomic E-state index is -0.874. The fourth-order valence-corrected chi connectivity index (χ4v) is 2.30. The number of barbiturate groups is 1. The molecule has 1 aliphatic rings. The molecule has 22 heavy (non-hydrogen) atoms. The lowest BCUT2D eigenvalue weighted by Gasteiger charge is -2.14. The Morgan fingerprint density at radius 3 is 2.18 bits per heavy atom. The van der Waals surface area contributed by atoms with E-state index in [0.29, 0.717) is 5.56 Å². The van der Waals surface area contributed by atoms with Crippen molar-refractivity contribution in [2.75, 3.05) is 6.61 Å². The maximum Gasteiger partial charge on any atom is 0.328 e. The van der Waals surface area contributed by atoms with Crippen molar-refractivity contribution in [3.63, 3.8) is 0 Å². The molecule has 2 N–H and O–H groups in total. The Morgan fingerprint density at radius 2 is 1.68 bits per heavy atom. The zero-order valence-electron chi connectivity index (χ0n) is 10.9. The smallest absolute Gasteiger partial charge is 0.328 e. The average Bonchev–Trinajstić information content (AvgIpc) is 2.42. The average molecular weight is 339 g/mol. The molecule has 0 radical (unpaired) electrons. The van der Waals surface area contributed by atoms with Crippen molar-refractivity contribution < 1.29 is 19.1 Å². The summed E-state index contributed by atoms with van der Waals surface area (Å²) in [6, 6.07) is 2.02. The Hall–Kier alpha value is -2.49. The third-order valence-electron chi connectivity index (χ3n) is 2.57. The molecule has 6 nitrogen and oxygen atoms in total. The number of terminal acetylenes is 1. The van der Waals surface area contributed by atoms with Crippen molar-refractivity contribution >= 4 is 47.1 Å². The molecule has 0 aromatic heterocycles. The second kappa shape index (κ2) is 6.52. The first-order valence-corrected chi connectivity index (χ1v) is 6.61. The third-order valence-corrected chi connectivity index (χ3v) is 3.14. The molecule has 1 fully saturated rings. The van der Waals surface area contributed by atoms with Gasteiger partial charge in [-0.1, -0.05) is 29.1 Å². The van der Waals surface area contributed by atoms with E-state index in [0.717, 1.165) is 0 Å². The van der Waals surface area contributed by atoms with Gasteiger partial charge in [-0.2, -0.15) is 0 Å². The van der Waals surface area contributed by atoms with Crippen LogP contribution in [0.15, 0.2) is 17.7 Å². The quantitative estimate of drug-likeness (QED) is 0.499. The molecule has 2 rings (SSSR count). The number of carbonyl (C=O) groups excluding carboxylic acids is 3. The van der Waals surface area contributed by atoms with Gasteiger partial charge >= 0.3 is 6.03 Å². The lowest BCUT2D eigenvalue weighted by Crippen LogP contribution is -2.51. The van der Waals surface area contributed by atoms with Crippen LogP contribution in [0.3, 0.4) is 0 Å². The first-order valence-electron chi connectivity index (χ1n) is 5.86. The molecule has 1 saturated heterocycles. The number of rotatable bonds is 3. The summed E-state index contributed by atoms with van der Waals surface area (Å²) in [5, 5.41) is 4.25. The van der Waals surface area contributed by atoms with Crippen LogP contribution >= 0.6 is 23.2 Å². The molecule has 0 unspecified atom stereocenters. The van der Waals surface area contributed by atoms with Gasteiger partial charge in [0.15, 0.2) is 5.75 Å². The first kappa shape index (κ1) is 15.9. The van der Waals surface area contributed by atoms with Gasteiger partial charge in [-0.3, -0.25) is 20.2 Å². The highest BCUT2D eigenvalue weighted by atomic mass is 35.5. The van der Waals surface area contributed by atoms with Crippen LogP contribution in [-0.2, 0) is 9.59 Å². The zero-order chi connectivity index (χ0) is 16.3. The zero-order valence-corrected chi connectivity index (χ0v) is 12.4. The second-order valence-corrected chi connectivity index (χ2v) is 4.92. The second-order valence-electron chi connectivity index (χ2n) is 4.10. The summed E-state index contributed by atoms with van der Waals surface area (Å²) < 4.78 is 5.19. The normalized spacial score (nSPS) is 14.0. The fourth-order valence-electron chi connectivity index (χ4n) is 1.69. The van der Waals surface area contributed by atoms with E-state index in [2.05, 4.69) is 5.92 Å². The van der Waals surface area contributed by atoms with E-state index in [-0.39, 0.29) is 28.0 Å². The molecular weight excluding hydrogens is 331 g/mol. The minimum Gasteiger partial charge on any atom is -0.478 e. The molecule has 0 bridgehead atoms. The van der Waals surface area contributed by atoms with Gasteiger partial charge in [0.1, 0.15) is 12.2 Å². The molecule has 1 aliphatic heterocycles. The number of halogens is 2. The first-order chi connectivity index (χ1) is 10.4. The largest absolute Gasteiger partial charge is 0.478 e. The Labute approximate surface area is 135 Å². The molecule has 112 valence electrons. The summed E-state index contributed by atoms with van der Waals surface area (Å²) in [4.78, 5) is 34.2. The summed E-state index contributed by atoms with van der Waals surface area (Å²) in [5.74, 6) is 0.859. The highest BCUT2D eigenvalue weighted by Gasteiger charge is 2.27. The highest BCUT2D eigenvalue weighted by molar-refractivity contribution is 6.37. The van der Waals surface area contributed by atoms with E-state index in [1.165, 1.54) is 18.2 Å². The summed E-state index contributed by atoms with van der Waals surface area (Å²) in [7, 11) is 0. The van der Waals surface area contributed by atoms with Crippen LogP contribution in [0.25, 0.3) is 6.08 Å². The van der Waals surface area contributed by atoms with Gasteiger partial charge < -0.3 is 4.74 Å². The number of nitrogens with one attached hydrogen (secondary N) is 2. The molecule has 8 heteroatoms. The van der Waals surface area contributed by atoms with E-state index in [4.69, 9.17) is 34.4 Å². The number of hydrogen-bond acceptors (Lipinski definition) is 4. The van der Waals surface area contributed by atoms with Gasteiger partial charge in [-0.05, 0) is 23.8 Å². The summed E-state index contributed by atoms with van der Waals surface area (Å²) >= 11 is 12.0. The van der Waals surface area contributed by atoms with E-state index >= 15 is 0 Å². The Balaban J connectivity index is 2.36. The van der Waals surface area contributed by atoms with Crippen LogP contribution in [0, 0.1) is 12.3 Å². The van der Waals surface area contributed by atoms with Gasteiger partial charge in [0.2, 0.25) is 0 Å². The highest BCUT2D eigenvalue weighted by Crippen LogP contribution is 2.34. The lowest BCUT2D eigenvalue weighted by molar-refractivity contribution is -0.123. The molecule has 1 aromatic carbocycles. The molecule has 4 amide bonds. The van der Waals surface area contributed by atoms with E-state index in [9.17, 15) is 14.4 Å². The SMILES string of the molecule is C#CCOc1c(Cl)cc(C=C2C(=O)NC(=O)NC2=O)cc1Cl. The van der Waals surface area contributed by atoms with E-state index < -0.39 is 17.8 Å². The lowest BCUT2D eigenvalue weighted by atomic mass is 10.1. The minimum absolute atomic E-state index is 0.00714. The molecule has 0 atom stereocenters. The Morgan fingerprint density at radius 1 is 1.14 bits per heavy atom. The van der Waals surface area contributed by atoms with Crippen molar-refractivity contribution in [3.8, 4) is 18.1 Å². The van der Waals surface area contributed by atoms with Gasteiger partial charge in [0.05, 0.1) is 10.0 Å². The molecule has 0 spiro atoms. The van der Waals surface area contributed by atoms with Crippen LogP contribution in [0.5, 0.6) is 5.75 Å². The van der Waals surface area contributed by atoms with Crippen molar-refractivity contribution in [1.82, 2.24) is 10.6 Å². The van der Waals surface area contributed by atoms with E-state index in [1.54, 1.807) is 0 Å². The number of ether oxygens (including phenoxy) is 1. The van der Waals surface area contributed by atoms with Crippen molar-refractivity contribution in [1.29, 1.82) is 0 Å². The number of amides is 4. The monoisotopic (exact) mass is 338 g/mol. The molecule has 0 aliphatic carbocycles.